The van der Waals surface area contributed by atoms with E-state index in [2.05, 4.69) is 6.58 Å². The zero-order chi connectivity index (χ0) is 20.7. The van der Waals surface area contributed by atoms with Crippen molar-refractivity contribution in [2.75, 3.05) is 32.8 Å². The highest BCUT2D eigenvalue weighted by molar-refractivity contribution is 7.89. The van der Waals surface area contributed by atoms with Crippen LogP contribution in [0.4, 0.5) is 0 Å². The first-order chi connectivity index (χ1) is 13.3. The lowest BCUT2D eigenvalue weighted by molar-refractivity contribution is -0.133. The Balaban J connectivity index is 2.14. The fraction of sp³-hybridized carbons (Fsp3) is 0.500. The molecule has 0 unspecified atom stereocenters. The fourth-order valence-electron chi connectivity index (χ4n) is 3.10. The Morgan fingerprint density at radius 3 is 2.43 bits per heavy atom. The van der Waals surface area contributed by atoms with Crippen LogP contribution in [0, 0.1) is 0 Å². The molecule has 0 aromatic heterocycles. The number of sulfonamides is 1. The molecule has 0 bridgehead atoms. The number of ether oxygens (including phenoxy) is 1. The molecule has 1 fully saturated rings. The molecule has 1 amide bonds. The second kappa shape index (κ2) is 9.84. The van der Waals surface area contributed by atoms with Crippen molar-refractivity contribution >= 4 is 21.9 Å². The number of carbonyl (C=O) groups is 2. The lowest BCUT2D eigenvalue weighted by Gasteiger charge is -2.26. The standard InChI is InChI=1S/C20H28N2O5S/c1-4-21(14-16(2)3)19(23)15-27-20(24)17-10-6-7-11-18(17)28(25,26)22-12-8-5-9-13-22/h6-7,10-11H,2,4-5,8-9,12-15H2,1,3H3. The molecular weight excluding hydrogens is 380 g/mol. The highest BCUT2D eigenvalue weighted by Crippen LogP contribution is 2.24. The monoisotopic (exact) mass is 408 g/mol. The van der Waals surface area contributed by atoms with Crippen molar-refractivity contribution in [3.63, 3.8) is 0 Å². The maximum atomic E-state index is 13.0. The predicted octanol–water partition coefficient (Wildman–Crippen LogP) is 2.44. The molecule has 0 aliphatic carbocycles. The number of hydrogen-bond donors (Lipinski definition) is 0. The third-order valence-electron chi connectivity index (χ3n) is 4.56. The van der Waals surface area contributed by atoms with Gasteiger partial charge in [0.1, 0.15) is 0 Å². The van der Waals surface area contributed by atoms with Crippen molar-refractivity contribution in [1.29, 1.82) is 0 Å². The van der Waals surface area contributed by atoms with Gasteiger partial charge in [0.25, 0.3) is 5.91 Å². The number of piperidine rings is 1. The van der Waals surface area contributed by atoms with E-state index < -0.39 is 22.6 Å². The van der Waals surface area contributed by atoms with Crippen LogP contribution in [0.1, 0.15) is 43.5 Å². The molecule has 0 N–H and O–H groups in total. The van der Waals surface area contributed by atoms with Gasteiger partial charge in [-0.05, 0) is 38.8 Å². The first kappa shape index (κ1) is 22.1. The summed E-state index contributed by atoms with van der Waals surface area (Å²) < 4.78 is 32.5. The van der Waals surface area contributed by atoms with Crippen molar-refractivity contribution in [2.45, 2.75) is 38.0 Å². The summed E-state index contributed by atoms with van der Waals surface area (Å²) in [5, 5.41) is 0. The Hall–Kier alpha value is -2.19. The van der Waals surface area contributed by atoms with Crippen LogP contribution in [0.15, 0.2) is 41.3 Å². The lowest BCUT2D eigenvalue weighted by atomic mass is 10.2. The molecule has 1 aliphatic rings. The Morgan fingerprint density at radius 1 is 1.18 bits per heavy atom. The number of nitrogens with zero attached hydrogens (tertiary/aromatic N) is 2. The van der Waals surface area contributed by atoms with Crippen molar-refractivity contribution in [3.05, 3.63) is 42.0 Å². The molecule has 1 saturated heterocycles. The molecule has 0 radical (unpaired) electrons. The first-order valence-electron chi connectivity index (χ1n) is 9.45. The van der Waals surface area contributed by atoms with Gasteiger partial charge in [-0.25, -0.2) is 13.2 Å². The number of carbonyl (C=O) groups excluding carboxylic acids is 2. The predicted molar refractivity (Wildman–Crippen MR) is 106 cm³/mol. The van der Waals surface area contributed by atoms with Gasteiger partial charge in [-0.2, -0.15) is 4.31 Å². The van der Waals surface area contributed by atoms with Crippen molar-refractivity contribution in [1.82, 2.24) is 9.21 Å². The largest absolute Gasteiger partial charge is 0.452 e. The Bertz CT molecular complexity index is 829. The summed E-state index contributed by atoms with van der Waals surface area (Å²) in [4.78, 5) is 26.2. The second-order valence-corrected chi connectivity index (χ2v) is 8.81. The number of likely N-dealkylation sites (N-methyl/N-ethyl adjacent to an activating group) is 1. The lowest BCUT2D eigenvalue weighted by Crippen LogP contribution is -2.37. The SMILES string of the molecule is C=C(C)CN(CC)C(=O)COC(=O)c1ccccc1S(=O)(=O)N1CCCCC1. The molecule has 0 saturated carbocycles. The summed E-state index contributed by atoms with van der Waals surface area (Å²) in [6.07, 6.45) is 2.60. The van der Waals surface area contributed by atoms with Crippen molar-refractivity contribution < 1.29 is 22.7 Å². The molecule has 1 aromatic rings. The summed E-state index contributed by atoms with van der Waals surface area (Å²) in [5.74, 6) is -1.17. The van der Waals surface area contributed by atoms with E-state index in [-0.39, 0.29) is 16.4 Å². The van der Waals surface area contributed by atoms with Crippen LogP contribution in [0.3, 0.4) is 0 Å². The maximum Gasteiger partial charge on any atom is 0.340 e. The average Bonchev–Trinajstić information content (AvgIpc) is 2.70. The van der Waals surface area contributed by atoms with Gasteiger partial charge in [-0.1, -0.05) is 30.7 Å². The minimum Gasteiger partial charge on any atom is -0.452 e. The molecule has 7 nitrogen and oxygen atoms in total. The summed E-state index contributed by atoms with van der Waals surface area (Å²) in [6.45, 7) is 8.69. The van der Waals surface area contributed by atoms with Crippen LogP contribution in [0.25, 0.3) is 0 Å². The van der Waals surface area contributed by atoms with Gasteiger partial charge in [-0.15, -0.1) is 0 Å². The number of benzene rings is 1. The van der Waals surface area contributed by atoms with Gasteiger partial charge in [0.2, 0.25) is 10.0 Å². The zero-order valence-corrected chi connectivity index (χ0v) is 17.3. The smallest absolute Gasteiger partial charge is 0.340 e. The number of esters is 1. The van der Waals surface area contributed by atoms with Crippen LogP contribution >= 0.6 is 0 Å². The minimum absolute atomic E-state index is 0.0520. The number of rotatable bonds is 8. The third-order valence-corrected chi connectivity index (χ3v) is 6.52. The van der Waals surface area contributed by atoms with E-state index in [1.54, 1.807) is 12.1 Å². The highest BCUT2D eigenvalue weighted by atomic mass is 32.2. The molecule has 1 aromatic carbocycles. The third kappa shape index (κ3) is 5.42. The number of hydrogen-bond acceptors (Lipinski definition) is 5. The van der Waals surface area contributed by atoms with Crippen LogP contribution in [-0.2, 0) is 19.6 Å². The van der Waals surface area contributed by atoms with E-state index in [0.29, 0.717) is 26.2 Å². The van der Waals surface area contributed by atoms with Crippen LogP contribution < -0.4 is 0 Å². The average molecular weight is 409 g/mol. The van der Waals surface area contributed by atoms with Crippen LogP contribution in [0.2, 0.25) is 0 Å². The molecule has 8 heteroatoms. The van der Waals surface area contributed by atoms with Gasteiger partial charge in [0.05, 0.1) is 10.5 Å². The molecule has 154 valence electrons. The van der Waals surface area contributed by atoms with E-state index in [9.17, 15) is 18.0 Å². The molecule has 1 aliphatic heterocycles. The van der Waals surface area contributed by atoms with Gasteiger partial charge in [-0.3, -0.25) is 4.79 Å². The Kier molecular flexibility index (Phi) is 7.77. The Labute approximate surface area is 167 Å². The maximum absolute atomic E-state index is 13.0. The van der Waals surface area contributed by atoms with E-state index in [0.717, 1.165) is 24.8 Å². The topological polar surface area (TPSA) is 84.0 Å². The fourth-order valence-corrected chi connectivity index (χ4v) is 4.80. The quantitative estimate of drug-likeness (QED) is 0.487. The van der Waals surface area contributed by atoms with Gasteiger partial charge < -0.3 is 9.64 Å². The Morgan fingerprint density at radius 2 is 1.82 bits per heavy atom. The summed E-state index contributed by atoms with van der Waals surface area (Å²) in [5.41, 5.74) is 0.767. The molecule has 1 heterocycles. The molecular formula is C20H28N2O5S. The second-order valence-electron chi connectivity index (χ2n) is 6.90. The van der Waals surface area contributed by atoms with E-state index in [4.69, 9.17) is 4.74 Å². The van der Waals surface area contributed by atoms with Crippen LogP contribution in [0.5, 0.6) is 0 Å². The van der Waals surface area contributed by atoms with Crippen molar-refractivity contribution in [2.24, 2.45) is 0 Å². The van der Waals surface area contributed by atoms with Gasteiger partial charge in [0, 0.05) is 26.2 Å². The normalized spacial score (nSPS) is 15.1. The number of amides is 1. The summed E-state index contributed by atoms with van der Waals surface area (Å²) >= 11 is 0. The van der Waals surface area contributed by atoms with E-state index in [1.807, 2.05) is 13.8 Å². The molecule has 2 rings (SSSR count). The summed E-state index contributed by atoms with van der Waals surface area (Å²) in [7, 11) is -3.79. The minimum atomic E-state index is -3.79. The first-order valence-corrected chi connectivity index (χ1v) is 10.9. The van der Waals surface area contributed by atoms with Crippen LogP contribution in [-0.4, -0.2) is 62.3 Å². The molecule has 0 spiro atoms. The van der Waals surface area contributed by atoms with Crippen molar-refractivity contribution in [3.8, 4) is 0 Å². The van der Waals surface area contributed by atoms with Gasteiger partial charge >= 0.3 is 5.97 Å². The van der Waals surface area contributed by atoms with E-state index in [1.165, 1.54) is 21.3 Å². The molecule has 0 atom stereocenters. The highest BCUT2D eigenvalue weighted by Gasteiger charge is 2.30. The summed E-state index contributed by atoms with van der Waals surface area (Å²) in [6, 6.07) is 5.97. The van der Waals surface area contributed by atoms with Gasteiger partial charge in [0.15, 0.2) is 6.61 Å². The molecule has 28 heavy (non-hydrogen) atoms. The zero-order valence-electron chi connectivity index (χ0n) is 16.5. The van der Waals surface area contributed by atoms with E-state index >= 15 is 0 Å².